The Kier molecular flexibility index (Phi) is 8.67. The summed E-state index contributed by atoms with van der Waals surface area (Å²) in [7, 11) is 0. The summed E-state index contributed by atoms with van der Waals surface area (Å²) in [5.41, 5.74) is 13.7. The molecule has 0 saturated carbocycles. The number of hydrogen-bond acceptors (Lipinski definition) is 6. The van der Waals surface area contributed by atoms with E-state index in [9.17, 15) is 0 Å². The maximum Gasteiger partial charge on any atom is 0.164 e. The summed E-state index contributed by atoms with van der Waals surface area (Å²) in [6, 6.07) is 71.0. The highest BCUT2D eigenvalue weighted by Crippen LogP contribution is 2.34. The van der Waals surface area contributed by atoms with Crippen molar-refractivity contribution in [2.24, 2.45) is 0 Å². The van der Waals surface area contributed by atoms with E-state index < -0.39 is 0 Å². The molecule has 12 aromatic rings. The number of aromatic nitrogens is 7. The van der Waals surface area contributed by atoms with Gasteiger partial charge in [0.1, 0.15) is 0 Å². The van der Waals surface area contributed by atoms with Gasteiger partial charge in [0.05, 0.1) is 39.1 Å². The second-order valence-electron chi connectivity index (χ2n) is 15.6. The van der Waals surface area contributed by atoms with Crippen molar-refractivity contribution < 1.29 is 0 Å². The minimum Gasteiger partial charge on any atom is -0.309 e. The predicted molar refractivity (Wildman–Crippen MR) is 255 cm³/mol. The molecule has 0 spiro atoms. The summed E-state index contributed by atoms with van der Waals surface area (Å²) < 4.78 is 2.31. The van der Waals surface area contributed by atoms with Gasteiger partial charge in [-0.15, -0.1) is 0 Å². The number of fused-ring (bicyclic) bond motifs is 5. The molecule has 0 saturated heterocycles. The lowest BCUT2D eigenvalue weighted by molar-refractivity contribution is 1.07. The molecular weight excluding hydrogens is 771 g/mol. The quantitative estimate of drug-likeness (QED) is 0.160. The second kappa shape index (κ2) is 15.1. The SMILES string of the molecule is c1ccc(-c2nc(-c3ccc(-c4ccc5cc(-c6ccc7ccc(-c8ccccn8)nc7c6)ccc5n4)cc3)nc(-c3cccc(-n4c5ccccc5c5ccccc54)c3)n2)cc1. The number of pyridine rings is 3. The molecule has 0 unspecified atom stereocenters. The van der Waals surface area contributed by atoms with E-state index in [1.54, 1.807) is 6.20 Å². The van der Waals surface area contributed by atoms with Crippen LogP contribution in [0.5, 0.6) is 0 Å². The van der Waals surface area contributed by atoms with Crippen LogP contribution in [0.4, 0.5) is 0 Å². The van der Waals surface area contributed by atoms with Crippen LogP contribution in [-0.2, 0) is 0 Å². The van der Waals surface area contributed by atoms with Crippen molar-refractivity contribution in [3.05, 3.63) is 212 Å². The second-order valence-corrected chi connectivity index (χ2v) is 15.6. The molecule has 294 valence electrons. The standard InChI is InChI=1S/C56H35N7/c1-2-11-38(12-3-1)54-60-55(62-56(61-54)43-13-10-14-44(34-43)63-52-18-6-4-15-45(52)46-16-5-7-19-53(46)63)39-23-20-36(21-24-39)47-30-28-42-33-40(27-29-48(42)58-47)41-25-22-37-26-31-50(59-51(37)35-41)49-17-8-9-32-57-49/h1-35H. The first-order valence-corrected chi connectivity index (χ1v) is 20.9. The van der Waals surface area contributed by atoms with Gasteiger partial charge in [-0.3, -0.25) is 4.98 Å². The fourth-order valence-electron chi connectivity index (χ4n) is 8.54. The highest BCUT2D eigenvalue weighted by molar-refractivity contribution is 6.09. The summed E-state index contributed by atoms with van der Waals surface area (Å²) in [6.07, 6.45) is 1.80. The van der Waals surface area contributed by atoms with Crippen molar-refractivity contribution in [1.29, 1.82) is 0 Å². The van der Waals surface area contributed by atoms with Crippen molar-refractivity contribution in [3.63, 3.8) is 0 Å². The maximum atomic E-state index is 5.10. The lowest BCUT2D eigenvalue weighted by Crippen LogP contribution is -2.01. The van der Waals surface area contributed by atoms with Crippen LogP contribution in [0.25, 0.3) is 117 Å². The van der Waals surface area contributed by atoms with Crippen molar-refractivity contribution in [2.75, 3.05) is 0 Å². The van der Waals surface area contributed by atoms with Crippen LogP contribution in [0.3, 0.4) is 0 Å². The van der Waals surface area contributed by atoms with Crippen LogP contribution in [0.1, 0.15) is 0 Å². The Morgan fingerprint density at radius 1 is 0.302 bits per heavy atom. The fourth-order valence-corrected chi connectivity index (χ4v) is 8.54. The third-order valence-electron chi connectivity index (χ3n) is 11.7. The molecule has 0 amide bonds. The minimum atomic E-state index is 0.600. The molecule has 7 nitrogen and oxygen atoms in total. The monoisotopic (exact) mass is 805 g/mol. The number of para-hydroxylation sites is 2. The molecule has 12 rings (SSSR count). The maximum absolute atomic E-state index is 5.10. The Hall–Kier alpha value is -8.68. The molecule has 0 N–H and O–H groups in total. The van der Waals surface area contributed by atoms with Gasteiger partial charge in [-0.05, 0) is 77.9 Å². The molecule has 7 aromatic carbocycles. The van der Waals surface area contributed by atoms with Gasteiger partial charge in [0.2, 0.25) is 0 Å². The van der Waals surface area contributed by atoms with E-state index in [0.29, 0.717) is 17.5 Å². The zero-order chi connectivity index (χ0) is 41.7. The van der Waals surface area contributed by atoms with Gasteiger partial charge in [0.25, 0.3) is 0 Å². The van der Waals surface area contributed by atoms with E-state index in [4.69, 9.17) is 24.9 Å². The number of hydrogen-bond donors (Lipinski definition) is 0. The molecule has 0 aliphatic carbocycles. The Balaban J connectivity index is 0.866. The van der Waals surface area contributed by atoms with Gasteiger partial charge in [0, 0.05) is 55.7 Å². The van der Waals surface area contributed by atoms with E-state index in [0.717, 1.165) is 89.0 Å². The van der Waals surface area contributed by atoms with Crippen LogP contribution < -0.4 is 0 Å². The van der Waals surface area contributed by atoms with Crippen LogP contribution in [-0.4, -0.2) is 34.5 Å². The van der Waals surface area contributed by atoms with Crippen LogP contribution in [0, 0.1) is 0 Å². The first-order chi connectivity index (χ1) is 31.2. The van der Waals surface area contributed by atoms with E-state index >= 15 is 0 Å². The van der Waals surface area contributed by atoms with Gasteiger partial charge in [-0.1, -0.05) is 140 Å². The highest BCUT2D eigenvalue weighted by atomic mass is 15.0. The van der Waals surface area contributed by atoms with Crippen molar-refractivity contribution >= 4 is 43.6 Å². The predicted octanol–water partition coefficient (Wildman–Crippen LogP) is 13.5. The third kappa shape index (κ3) is 6.65. The van der Waals surface area contributed by atoms with E-state index in [1.165, 1.54) is 10.8 Å². The average Bonchev–Trinajstić information content (AvgIpc) is 3.70. The number of benzene rings is 7. The number of rotatable bonds is 7. The van der Waals surface area contributed by atoms with Crippen molar-refractivity contribution in [3.8, 4) is 73.6 Å². The molecule has 0 radical (unpaired) electrons. The molecule has 0 bridgehead atoms. The first-order valence-electron chi connectivity index (χ1n) is 20.9. The molecule has 0 fully saturated rings. The molecule has 5 heterocycles. The van der Waals surface area contributed by atoms with Crippen molar-refractivity contribution in [1.82, 2.24) is 34.5 Å². The number of nitrogens with zero attached hydrogens (tertiary/aromatic N) is 7. The zero-order valence-corrected chi connectivity index (χ0v) is 33.8. The van der Waals surface area contributed by atoms with Crippen LogP contribution in [0.15, 0.2) is 212 Å². The Morgan fingerprint density at radius 3 is 1.63 bits per heavy atom. The van der Waals surface area contributed by atoms with E-state index in [-0.39, 0.29) is 0 Å². The van der Waals surface area contributed by atoms with Gasteiger partial charge < -0.3 is 4.57 Å². The Morgan fingerprint density at radius 2 is 0.873 bits per heavy atom. The van der Waals surface area contributed by atoms with E-state index in [1.807, 2.05) is 54.6 Å². The summed E-state index contributed by atoms with van der Waals surface area (Å²) >= 11 is 0. The summed E-state index contributed by atoms with van der Waals surface area (Å²) in [5.74, 6) is 1.82. The van der Waals surface area contributed by atoms with Gasteiger partial charge in [0.15, 0.2) is 17.5 Å². The van der Waals surface area contributed by atoms with Gasteiger partial charge >= 0.3 is 0 Å². The van der Waals surface area contributed by atoms with E-state index in [2.05, 4.69) is 161 Å². The summed E-state index contributed by atoms with van der Waals surface area (Å²) in [4.78, 5) is 29.7. The fraction of sp³-hybridized carbons (Fsp3) is 0. The molecule has 63 heavy (non-hydrogen) atoms. The smallest absolute Gasteiger partial charge is 0.164 e. The first kappa shape index (κ1) is 36.2. The normalized spacial score (nSPS) is 11.5. The third-order valence-corrected chi connectivity index (χ3v) is 11.7. The largest absolute Gasteiger partial charge is 0.309 e. The molecule has 0 aliphatic rings. The molecule has 5 aromatic heterocycles. The highest BCUT2D eigenvalue weighted by Gasteiger charge is 2.16. The lowest BCUT2D eigenvalue weighted by Gasteiger charge is -2.12. The molecule has 0 atom stereocenters. The molecule has 0 aliphatic heterocycles. The topological polar surface area (TPSA) is 82.3 Å². The molecule has 7 heteroatoms. The Bertz CT molecular complexity index is 3620. The van der Waals surface area contributed by atoms with Crippen LogP contribution in [0.2, 0.25) is 0 Å². The van der Waals surface area contributed by atoms with Gasteiger partial charge in [-0.25, -0.2) is 24.9 Å². The molecular formula is C56H35N7. The minimum absolute atomic E-state index is 0.600. The lowest BCUT2D eigenvalue weighted by atomic mass is 10.0. The van der Waals surface area contributed by atoms with Gasteiger partial charge in [-0.2, -0.15) is 0 Å². The Labute approximate surface area is 362 Å². The van der Waals surface area contributed by atoms with Crippen molar-refractivity contribution in [2.45, 2.75) is 0 Å². The average molecular weight is 806 g/mol. The summed E-state index contributed by atoms with van der Waals surface area (Å²) in [6.45, 7) is 0. The zero-order valence-electron chi connectivity index (χ0n) is 33.8. The van der Waals surface area contributed by atoms with Crippen LogP contribution >= 0.6 is 0 Å². The summed E-state index contributed by atoms with van der Waals surface area (Å²) in [5, 5.41) is 4.59.